The first-order chi connectivity index (χ1) is 9.24. The summed E-state index contributed by atoms with van der Waals surface area (Å²) in [6.45, 7) is 0.518. The molecule has 100 valence electrons. The van der Waals surface area contributed by atoms with Gasteiger partial charge in [-0.1, -0.05) is 22.0 Å². The minimum atomic E-state index is 0.509. The average Bonchev–Trinajstić information content (AvgIpc) is 2.44. The minimum absolute atomic E-state index is 0.509. The number of rotatable bonds is 5. The molecule has 2 aromatic rings. The Hall–Kier alpha value is -1.82. The van der Waals surface area contributed by atoms with Crippen molar-refractivity contribution in [2.24, 2.45) is 0 Å². The third-order valence-corrected chi connectivity index (χ3v) is 3.04. The lowest BCUT2D eigenvalue weighted by molar-refractivity contribution is 0.363. The number of anilines is 1. The highest BCUT2D eigenvalue weighted by Gasteiger charge is 2.12. The van der Waals surface area contributed by atoms with Crippen LogP contribution in [0.25, 0.3) is 0 Å². The van der Waals surface area contributed by atoms with Crippen LogP contribution in [0.1, 0.15) is 5.56 Å². The summed E-state index contributed by atoms with van der Waals surface area (Å²) in [5.74, 6) is 1.02. The zero-order valence-corrected chi connectivity index (χ0v) is 12.3. The van der Waals surface area contributed by atoms with Crippen LogP contribution in [0.4, 0.5) is 5.69 Å². The van der Waals surface area contributed by atoms with Gasteiger partial charge in [0.2, 0.25) is 11.8 Å². The lowest BCUT2D eigenvalue weighted by Crippen LogP contribution is -2.06. The first kappa shape index (κ1) is 13.6. The molecular weight excluding hydrogens is 310 g/mol. The van der Waals surface area contributed by atoms with Crippen LogP contribution in [0.2, 0.25) is 0 Å². The van der Waals surface area contributed by atoms with E-state index in [2.05, 4.69) is 31.2 Å². The first-order valence-electron chi connectivity index (χ1n) is 5.66. The highest BCUT2D eigenvalue weighted by Crippen LogP contribution is 2.25. The van der Waals surface area contributed by atoms with Gasteiger partial charge in [0.1, 0.15) is 6.33 Å². The number of hydrogen-bond acceptors (Lipinski definition) is 5. The second-order valence-corrected chi connectivity index (χ2v) is 4.65. The van der Waals surface area contributed by atoms with Crippen molar-refractivity contribution in [3.05, 3.63) is 40.6 Å². The predicted octanol–water partition coefficient (Wildman–Crippen LogP) is 2.87. The van der Waals surface area contributed by atoms with Crippen LogP contribution in [0.15, 0.2) is 35.1 Å². The summed E-state index contributed by atoms with van der Waals surface area (Å²) >= 11 is 3.43. The van der Waals surface area contributed by atoms with E-state index in [0.29, 0.717) is 18.3 Å². The second kappa shape index (κ2) is 6.38. The van der Waals surface area contributed by atoms with Gasteiger partial charge < -0.3 is 14.8 Å². The van der Waals surface area contributed by atoms with Crippen molar-refractivity contribution in [3.8, 4) is 11.8 Å². The molecule has 19 heavy (non-hydrogen) atoms. The normalized spacial score (nSPS) is 10.1. The molecule has 0 saturated carbocycles. The topological polar surface area (TPSA) is 56.3 Å². The summed E-state index contributed by atoms with van der Waals surface area (Å²) in [5.41, 5.74) is 1.77. The molecule has 0 unspecified atom stereocenters. The van der Waals surface area contributed by atoms with Crippen LogP contribution in [-0.4, -0.2) is 24.2 Å². The van der Waals surface area contributed by atoms with Gasteiger partial charge in [-0.2, -0.15) is 0 Å². The third-order valence-electron chi connectivity index (χ3n) is 2.55. The van der Waals surface area contributed by atoms with E-state index in [0.717, 1.165) is 15.7 Å². The highest BCUT2D eigenvalue weighted by molar-refractivity contribution is 9.10. The van der Waals surface area contributed by atoms with Gasteiger partial charge in [-0.25, -0.2) is 9.97 Å². The number of ether oxygens (including phenoxy) is 2. The van der Waals surface area contributed by atoms with Gasteiger partial charge in [0, 0.05) is 10.2 Å². The third kappa shape index (κ3) is 3.35. The van der Waals surface area contributed by atoms with Gasteiger partial charge in [-0.15, -0.1) is 0 Å². The molecule has 0 aliphatic rings. The molecule has 0 atom stereocenters. The maximum absolute atomic E-state index is 5.22. The van der Waals surface area contributed by atoms with E-state index >= 15 is 0 Å². The maximum Gasteiger partial charge on any atom is 0.225 e. The fourth-order valence-electron chi connectivity index (χ4n) is 1.67. The number of methoxy groups -OCH3 is 2. The molecule has 1 N–H and O–H groups in total. The van der Waals surface area contributed by atoms with E-state index in [9.17, 15) is 0 Å². The molecule has 0 fully saturated rings. The minimum Gasteiger partial charge on any atom is -0.481 e. The molecule has 0 saturated heterocycles. The van der Waals surface area contributed by atoms with Crippen LogP contribution >= 0.6 is 15.9 Å². The second-order valence-electron chi connectivity index (χ2n) is 3.73. The van der Waals surface area contributed by atoms with Gasteiger partial charge in [0.05, 0.1) is 26.3 Å². The van der Waals surface area contributed by atoms with Crippen molar-refractivity contribution in [1.29, 1.82) is 0 Å². The van der Waals surface area contributed by atoms with Gasteiger partial charge in [-0.3, -0.25) is 0 Å². The molecule has 0 aliphatic carbocycles. The molecular formula is C13H14BrN3O2. The van der Waals surface area contributed by atoms with Crippen molar-refractivity contribution in [2.45, 2.75) is 6.54 Å². The molecule has 0 amide bonds. The fraction of sp³-hybridized carbons (Fsp3) is 0.231. The van der Waals surface area contributed by atoms with Gasteiger partial charge >= 0.3 is 0 Å². The van der Waals surface area contributed by atoms with E-state index in [1.54, 1.807) is 14.2 Å². The first-order valence-corrected chi connectivity index (χ1v) is 6.45. The SMILES string of the molecule is COc1ncnc(OC)c1CNc1cccc(Br)c1. The van der Waals surface area contributed by atoms with Gasteiger partial charge in [-0.05, 0) is 18.2 Å². The number of aromatic nitrogens is 2. The number of halogens is 1. The van der Waals surface area contributed by atoms with E-state index in [1.165, 1.54) is 6.33 Å². The molecule has 1 aromatic heterocycles. The van der Waals surface area contributed by atoms with Crippen molar-refractivity contribution in [3.63, 3.8) is 0 Å². The Morgan fingerprint density at radius 1 is 1.16 bits per heavy atom. The Bertz CT molecular complexity index is 541. The van der Waals surface area contributed by atoms with E-state index in [4.69, 9.17) is 9.47 Å². The zero-order chi connectivity index (χ0) is 13.7. The molecule has 0 aliphatic heterocycles. The Morgan fingerprint density at radius 2 is 1.84 bits per heavy atom. The van der Waals surface area contributed by atoms with Gasteiger partial charge in [0.15, 0.2) is 0 Å². The molecule has 0 radical (unpaired) electrons. The van der Waals surface area contributed by atoms with Crippen LogP contribution < -0.4 is 14.8 Å². The summed E-state index contributed by atoms with van der Waals surface area (Å²) in [5, 5.41) is 3.28. The van der Waals surface area contributed by atoms with Crippen molar-refractivity contribution >= 4 is 21.6 Å². The molecule has 6 heteroatoms. The van der Waals surface area contributed by atoms with Crippen molar-refractivity contribution in [1.82, 2.24) is 9.97 Å². The number of benzene rings is 1. The molecule has 0 bridgehead atoms. The maximum atomic E-state index is 5.22. The fourth-order valence-corrected chi connectivity index (χ4v) is 2.07. The van der Waals surface area contributed by atoms with Crippen LogP contribution in [0, 0.1) is 0 Å². The number of nitrogens with zero attached hydrogens (tertiary/aromatic N) is 2. The van der Waals surface area contributed by atoms with Crippen LogP contribution in [0.3, 0.4) is 0 Å². The van der Waals surface area contributed by atoms with Gasteiger partial charge in [0.25, 0.3) is 0 Å². The van der Waals surface area contributed by atoms with Crippen molar-refractivity contribution < 1.29 is 9.47 Å². The summed E-state index contributed by atoms with van der Waals surface area (Å²) in [7, 11) is 3.15. The quantitative estimate of drug-likeness (QED) is 0.916. The number of hydrogen-bond donors (Lipinski definition) is 1. The van der Waals surface area contributed by atoms with E-state index < -0.39 is 0 Å². The average molecular weight is 324 g/mol. The predicted molar refractivity (Wildman–Crippen MR) is 76.6 cm³/mol. The molecule has 2 rings (SSSR count). The lowest BCUT2D eigenvalue weighted by atomic mass is 10.2. The summed E-state index contributed by atoms with van der Waals surface area (Å²) < 4.78 is 11.5. The standard InChI is InChI=1S/C13H14BrN3O2/c1-18-12-11(13(19-2)17-8-16-12)7-15-10-5-3-4-9(14)6-10/h3-6,8,15H,7H2,1-2H3. The molecule has 1 heterocycles. The van der Waals surface area contributed by atoms with E-state index in [1.807, 2.05) is 24.3 Å². The summed E-state index contributed by atoms with van der Waals surface area (Å²) in [6, 6.07) is 7.90. The summed E-state index contributed by atoms with van der Waals surface area (Å²) in [6.07, 6.45) is 1.42. The Labute approximate surface area is 120 Å². The van der Waals surface area contributed by atoms with E-state index in [-0.39, 0.29) is 0 Å². The monoisotopic (exact) mass is 323 g/mol. The van der Waals surface area contributed by atoms with Crippen molar-refractivity contribution in [2.75, 3.05) is 19.5 Å². The highest BCUT2D eigenvalue weighted by atomic mass is 79.9. The largest absolute Gasteiger partial charge is 0.481 e. The Balaban J connectivity index is 2.19. The molecule has 1 aromatic carbocycles. The smallest absolute Gasteiger partial charge is 0.225 e. The zero-order valence-electron chi connectivity index (χ0n) is 10.7. The Morgan fingerprint density at radius 3 is 2.42 bits per heavy atom. The van der Waals surface area contributed by atoms with Crippen LogP contribution in [-0.2, 0) is 6.54 Å². The number of nitrogens with one attached hydrogen (secondary N) is 1. The molecule has 0 spiro atoms. The van der Waals surface area contributed by atoms with Crippen LogP contribution in [0.5, 0.6) is 11.8 Å². The lowest BCUT2D eigenvalue weighted by Gasteiger charge is -2.12. The summed E-state index contributed by atoms with van der Waals surface area (Å²) in [4.78, 5) is 8.15. The molecule has 5 nitrogen and oxygen atoms in total. The Kier molecular flexibility index (Phi) is 4.57.